The first-order valence-electron chi connectivity index (χ1n) is 4.56. The van der Waals surface area contributed by atoms with Gasteiger partial charge in [-0.15, -0.1) is 12.3 Å². The molecule has 1 rings (SSSR count). The number of halogens is 1. The fourth-order valence-electron chi connectivity index (χ4n) is 1.33. The van der Waals surface area contributed by atoms with Crippen LogP contribution in [-0.4, -0.2) is 14.2 Å². The predicted octanol–water partition coefficient (Wildman–Crippen LogP) is 2.92. The van der Waals surface area contributed by atoms with E-state index in [2.05, 4.69) is 5.92 Å². The first-order valence-corrected chi connectivity index (χ1v) is 4.94. The molecular weight excluding hydrogens is 212 g/mol. The highest BCUT2D eigenvalue weighted by molar-refractivity contribution is 6.32. The average Bonchev–Trinajstić information content (AvgIpc) is 2.26. The van der Waals surface area contributed by atoms with Crippen LogP contribution in [0.25, 0.3) is 0 Å². The van der Waals surface area contributed by atoms with Gasteiger partial charge < -0.3 is 9.47 Å². The zero-order chi connectivity index (χ0) is 11.3. The van der Waals surface area contributed by atoms with Gasteiger partial charge in [-0.3, -0.25) is 0 Å². The Kier molecular flexibility index (Phi) is 4.33. The van der Waals surface area contributed by atoms with E-state index in [-0.39, 0.29) is 0 Å². The monoisotopic (exact) mass is 224 g/mol. The second-order valence-corrected chi connectivity index (χ2v) is 3.41. The van der Waals surface area contributed by atoms with Crippen LogP contribution in [-0.2, 0) is 6.42 Å². The fourth-order valence-corrected chi connectivity index (χ4v) is 1.56. The normalized spacial score (nSPS) is 9.47. The van der Waals surface area contributed by atoms with Gasteiger partial charge in [-0.05, 0) is 18.1 Å². The van der Waals surface area contributed by atoms with Crippen molar-refractivity contribution < 1.29 is 9.47 Å². The number of hydrogen-bond acceptors (Lipinski definition) is 2. The third kappa shape index (κ3) is 2.81. The van der Waals surface area contributed by atoms with Crippen molar-refractivity contribution in [1.29, 1.82) is 0 Å². The van der Waals surface area contributed by atoms with E-state index in [1.165, 1.54) is 0 Å². The molecule has 0 amide bonds. The lowest BCUT2D eigenvalue weighted by molar-refractivity contribution is 0.399. The molecule has 0 spiro atoms. The number of ether oxygens (including phenoxy) is 2. The molecule has 0 fully saturated rings. The summed E-state index contributed by atoms with van der Waals surface area (Å²) in [6.07, 6.45) is 6.65. The van der Waals surface area contributed by atoms with Crippen molar-refractivity contribution in [3.63, 3.8) is 0 Å². The maximum absolute atomic E-state index is 5.97. The second kappa shape index (κ2) is 5.53. The van der Waals surface area contributed by atoms with Crippen molar-refractivity contribution >= 4 is 11.6 Å². The van der Waals surface area contributed by atoms with E-state index >= 15 is 0 Å². The predicted molar refractivity (Wildman–Crippen MR) is 61.7 cm³/mol. The van der Waals surface area contributed by atoms with Crippen LogP contribution >= 0.6 is 11.6 Å². The standard InChI is InChI=1S/C12H13ClO2/c1-4-5-6-9-7-12(15-3)10(13)8-11(9)14-2/h1,7-8H,5-6H2,2-3H3. The van der Waals surface area contributed by atoms with Crippen LogP contribution < -0.4 is 9.47 Å². The minimum Gasteiger partial charge on any atom is -0.496 e. The lowest BCUT2D eigenvalue weighted by Gasteiger charge is -2.11. The van der Waals surface area contributed by atoms with E-state index in [9.17, 15) is 0 Å². The molecular formula is C12H13ClO2. The van der Waals surface area contributed by atoms with Crippen LogP contribution in [0.15, 0.2) is 12.1 Å². The number of benzene rings is 1. The number of methoxy groups -OCH3 is 2. The molecule has 0 unspecified atom stereocenters. The zero-order valence-corrected chi connectivity index (χ0v) is 9.60. The Hall–Kier alpha value is -1.33. The Bertz CT molecular complexity index is 380. The number of hydrogen-bond donors (Lipinski definition) is 0. The molecule has 80 valence electrons. The molecule has 0 aliphatic rings. The maximum atomic E-state index is 5.97. The SMILES string of the molecule is C#CCCc1cc(OC)c(Cl)cc1OC. The molecule has 0 saturated carbocycles. The van der Waals surface area contributed by atoms with E-state index in [1.54, 1.807) is 20.3 Å². The molecule has 3 heteroatoms. The van der Waals surface area contributed by atoms with Crippen LogP contribution in [0.4, 0.5) is 0 Å². The summed E-state index contributed by atoms with van der Waals surface area (Å²) < 4.78 is 10.3. The van der Waals surface area contributed by atoms with E-state index in [1.807, 2.05) is 6.07 Å². The van der Waals surface area contributed by atoms with Crippen molar-refractivity contribution in [3.05, 3.63) is 22.7 Å². The summed E-state index contributed by atoms with van der Waals surface area (Å²) in [5.74, 6) is 3.98. The lowest BCUT2D eigenvalue weighted by Crippen LogP contribution is -1.94. The van der Waals surface area contributed by atoms with Gasteiger partial charge in [0.2, 0.25) is 0 Å². The zero-order valence-electron chi connectivity index (χ0n) is 8.84. The highest BCUT2D eigenvalue weighted by Gasteiger charge is 2.08. The quantitative estimate of drug-likeness (QED) is 0.733. The van der Waals surface area contributed by atoms with E-state index < -0.39 is 0 Å². The van der Waals surface area contributed by atoms with E-state index in [0.29, 0.717) is 17.2 Å². The lowest BCUT2D eigenvalue weighted by atomic mass is 10.1. The van der Waals surface area contributed by atoms with E-state index in [0.717, 1.165) is 17.7 Å². The Balaban J connectivity index is 3.06. The van der Waals surface area contributed by atoms with Gasteiger partial charge >= 0.3 is 0 Å². The topological polar surface area (TPSA) is 18.5 Å². The molecule has 0 saturated heterocycles. The molecule has 0 aliphatic carbocycles. The minimum atomic E-state index is 0.541. The third-order valence-corrected chi connectivity index (χ3v) is 2.39. The first kappa shape index (κ1) is 11.7. The molecule has 0 bridgehead atoms. The summed E-state index contributed by atoms with van der Waals surface area (Å²) in [7, 11) is 3.19. The van der Waals surface area contributed by atoms with Gasteiger partial charge in [0, 0.05) is 12.5 Å². The van der Waals surface area contributed by atoms with Gasteiger partial charge in [-0.25, -0.2) is 0 Å². The van der Waals surface area contributed by atoms with Gasteiger partial charge in [0.05, 0.1) is 19.2 Å². The maximum Gasteiger partial charge on any atom is 0.137 e. The van der Waals surface area contributed by atoms with Crippen LogP contribution in [0.3, 0.4) is 0 Å². The van der Waals surface area contributed by atoms with Crippen molar-refractivity contribution in [2.45, 2.75) is 12.8 Å². The molecule has 1 aromatic carbocycles. The van der Waals surface area contributed by atoms with E-state index in [4.69, 9.17) is 27.5 Å². The van der Waals surface area contributed by atoms with Gasteiger partial charge in [0.15, 0.2) is 0 Å². The number of rotatable bonds is 4. The highest BCUT2D eigenvalue weighted by Crippen LogP contribution is 2.32. The van der Waals surface area contributed by atoms with Crippen LogP contribution in [0.2, 0.25) is 5.02 Å². The van der Waals surface area contributed by atoms with Crippen molar-refractivity contribution in [2.75, 3.05) is 14.2 Å². The molecule has 0 atom stereocenters. The molecule has 15 heavy (non-hydrogen) atoms. The Morgan fingerprint density at radius 3 is 2.47 bits per heavy atom. The largest absolute Gasteiger partial charge is 0.496 e. The van der Waals surface area contributed by atoms with Crippen LogP contribution in [0.5, 0.6) is 11.5 Å². The molecule has 2 nitrogen and oxygen atoms in total. The van der Waals surface area contributed by atoms with Crippen LogP contribution in [0, 0.1) is 12.3 Å². The van der Waals surface area contributed by atoms with Crippen molar-refractivity contribution in [3.8, 4) is 23.8 Å². The molecule has 0 aromatic heterocycles. The Morgan fingerprint density at radius 1 is 1.27 bits per heavy atom. The summed E-state index contributed by atoms with van der Waals surface area (Å²) in [6.45, 7) is 0. The third-order valence-electron chi connectivity index (χ3n) is 2.09. The van der Waals surface area contributed by atoms with Crippen molar-refractivity contribution in [1.82, 2.24) is 0 Å². The molecule has 1 aromatic rings. The van der Waals surface area contributed by atoms with Gasteiger partial charge in [0.1, 0.15) is 11.5 Å². The minimum absolute atomic E-state index is 0.541. The molecule has 0 N–H and O–H groups in total. The molecule has 0 radical (unpaired) electrons. The average molecular weight is 225 g/mol. The Morgan fingerprint density at radius 2 is 1.93 bits per heavy atom. The summed E-state index contributed by atoms with van der Waals surface area (Å²) in [5, 5.41) is 0.541. The first-order chi connectivity index (χ1) is 7.22. The smallest absolute Gasteiger partial charge is 0.137 e. The fraction of sp³-hybridized carbons (Fsp3) is 0.333. The Labute approximate surface area is 95.2 Å². The summed E-state index contributed by atoms with van der Waals surface area (Å²) in [6, 6.07) is 3.60. The summed E-state index contributed by atoms with van der Waals surface area (Å²) in [4.78, 5) is 0. The van der Waals surface area contributed by atoms with Gasteiger partial charge in [-0.2, -0.15) is 0 Å². The molecule has 0 aliphatic heterocycles. The summed E-state index contributed by atoms with van der Waals surface area (Å²) >= 11 is 5.97. The second-order valence-electron chi connectivity index (χ2n) is 3.00. The van der Waals surface area contributed by atoms with Crippen LogP contribution in [0.1, 0.15) is 12.0 Å². The molecule has 0 heterocycles. The number of terminal acetylenes is 1. The van der Waals surface area contributed by atoms with Crippen molar-refractivity contribution in [2.24, 2.45) is 0 Å². The highest BCUT2D eigenvalue weighted by atomic mass is 35.5. The number of aryl methyl sites for hydroxylation is 1. The summed E-state index contributed by atoms with van der Waals surface area (Å²) in [5.41, 5.74) is 1.01. The van der Waals surface area contributed by atoms with Gasteiger partial charge in [0.25, 0.3) is 0 Å². The van der Waals surface area contributed by atoms with Gasteiger partial charge in [-0.1, -0.05) is 11.6 Å².